The fourth-order valence-corrected chi connectivity index (χ4v) is 2.58. The molecule has 0 aromatic heterocycles. The average molecular weight is 421 g/mol. The number of benzene rings is 2. The van der Waals surface area contributed by atoms with Crippen molar-refractivity contribution in [1.82, 2.24) is 0 Å². The Kier molecular flexibility index (Phi) is 8.87. The number of nitrogens with zero attached hydrogens (tertiary/aromatic N) is 1. The largest absolute Gasteiger partial charge is 0.496 e. The van der Waals surface area contributed by atoms with Crippen molar-refractivity contribution >= 4 is 24.1 Å². The molecule has 0 saturated carbocycles. The normalized spacial score (nSPS) is 11.0. The van der Waals surface area contributed by atoms with Gasteiger partial charge in [-0.1, -0.05) is 24.3 Å². The van der Waals surface area contributed by atoms with Crippen LogP contribution in [0.4, 0.5) is 0 Å². The Hall–Kier alpha value is -4.05. The maximum atomic E-state index is 12.3. The molecule has 2 rings (SSSR count). The fourth-order valence-electron chi connectivity index (χ4n) is 2.58. The summed E-state index contributed by atoms with van der Waals surface area (Å²) in [5, 5.41) is 9.18. The minimum atomic E-state index is -0.708. The molecule has 0 amide bonds. The molecule has 2 aromatic rings. The summed E-state index contributed by atoms with van der Waals surface area (Å²) < 4.78 is 21.1. The Labute approximate surface area is 181 Å². The number of rotatable bonds is 9. The van der Waals surface area contributed by atoms with Crippen molar-refractivity contribution in [3.05, 3.63) is 65.2 Å². The molecule has 0 aliphatic heterocycles. The van der Waals surface area contributed by atoms with Crippen LogP contribution in [0.25, 0.3) is 12.2 Å². The number of methoxy groups -OCH3 is 1. The number of hydrogen-bond donors (Lipinski definition) is 0. The summed E-state index contributed by atoms with van der Waals surface area (Å²) in [7, 11) is 1.55. The van der Waals surface area contributed by atoms with Crippen molar-refractivity contribution in [3.63, 3.8) is 0 Å². The molecule has 0 aliphatic rings. The van der Waals surface area contributed by atoms with Crippen LogP contribution in [0.5, 0.6) is 17.2 Å². The Morgan fingerprint density at radius 2 is 1.81 bits per heavy atom. The number of esters is 2. The zero-order valence-electron chi connectivity index (χ0n) is 17.6. The number of para-hydroxylation sites is 1. The SMILES string of the molecule is CCOC(=O)C(C#N)=Cc1ccc(OC(=O)C=Cc2ccccc2OC)c(OCC)c1. The monoisotopic (exact) mass is 421 g/mol. The van der Waals surface area contributed by atoms with Crippen molar-refractivity contribution < 1.29 is 28.5 Å². The van der Waals surface area contributed by atoms with Gasteiger partial charge in [-0.25, -0.2) is 9.59 Å². The lowest BCUT2D eigenvalue weighted by Gasteiger charge is -2.11. The maximum absolute atomic E-state index is 12.3. The molecule has 0 spiro atoms. The quantitative estimate of drug-likeness (QED) is 0.259. The van der Waals surface area contributed by atoms with Crippen LogP contribution in [0.3, 0.4) is 0 Å². The van der Waals surface area contributed by atoms with Crippen LogP contribution in [0.15, 0.2) is 54.1 Å². The Balaban J connectivity index is 2.23. The molecule has 0 aliphatic carbocycles. The van der Waals surface area contributed by atoms with E-state index in [1.165, 1.54) is 18.2 Å². The molecular weight excluding hydrogens is 398 g/mol. The molecule has 160 valence electrons. The summed E-state index contributed by atoms with van der Waals surface area (Å²) in [4.78, 5) is 24.1. The van der Waals surface area contributed by atoms with E-state index < -0.39 is 11.9 Å². The first-order valence-corrected chi connectivity index (χ1v) is 9.61. The molecule has 0 radical (unpaired) electrons. The Bertz CT molecular complexity index is 1030. The Morgan fingerprint density at radius 1 is 1.03 bits per heavy atom. The Morgan fingerprint density at radius 3 is 2.48 bits per heavy atom. The van der Waals surface area contributed by atoms with Crippen LogP contribution < -0.4 is 14.2 Å². The van der Waals surface area contributed by atoms with Gasteiger partial charge in [-0.2, -0.15) is 5.26 Å². The van der Waals surface area contributed by atoms with Crippen LogP contribution in [-0.4, -0.2) is 32.3 Å². The molecular formula is C24H23NO6. The van der Waals surface area contributed by atoms with Crippen molar-refractivity contribution in [1.29, 1.82) is 5.26 Å². The second-order valence-electron chi connectivity index (χ2n) is 6.03. The summed E-state index contributed by atoms with van der Waals surface area (Å²) in [5.74, 6) is -0.160. The van der Waals surface area contributed by atoms with Gasteiger partial charge >= 0.3 is 11.9 Å². The number of carbonyl (C=O) groups is 2. The first-order valence-electron chi connectivity index (χ1n) is 9.61. The van der Waals surface area contributed by atoms with Gasteiger partial charge < -0.3 is 18.9 Å². The summed E-state index contributed by atoms with van der Waals surface area (Å²) in [6.45, 7) is 3.94. The van der Waals surface area contributed by atoms with Crippen molar-refractivity contribution in [3.8, 4) is 23.3 Å². The molecule has 2 aromatic carbocycles. The highest BCUT2D eigenvalue weighted by Crippen LogP contribution is 2.30. The number of ether oxygens (including phenoxy) is 4. The molecule has 7 heteroatoms. The molecule has 7 nitrogen and oxygen atoms in total. The van der Waals surface area contributed by atoms with Crippen LogP contribution in [0, 0.1) is 11.3 Å². The van der Waals surface area contributed by atoms with E-state index in [1.807, 2.05) is 24.3 Å². The summed E-state index contributed by atoms with van der Waals surface area (Å²) >= 11 is 0. The molecule has 0 saturated heterocycles. The van der Waals surface area contributed by atoms with Gasteiger partial charge in [-0.15, -0.1) is 0 Å². The predicted octanol–water partition coefficient (Wildman–Crippen LogP) is 4.18. The second kappa shape index (κ2) is 11.8. The van der Waals surface area contributed by atoms with Gasteiger partial charge in [0.1, 0.15) is 17.4 Å². The lowest BCUT2D eigenvalue weighted by atomic mass is 10.1. The van der Waals surface area contributed by atoms with Gasteiger partial charge in [0, 0.05) is 11.6 Å². The van der Waals surface area contributed by atoms with Crippen molar-refractivity contribution in [2.24, 2.45) is 0 Å². The van der Waals surface area contributed by atoms with Crippen molar-refractivity contribution in [2.75, 3.05) is 20.3 Å². The van der Waals surface area contributed by atoms with E-state index in [2.05, 4.69) is 0 Å². The van der Waals surface area contributed by atoms with Crippen LogP contribution >= 0.6 is 0 Å². The zero-order chi connectivity index (χ0) is 22.6. The zero-order valence-corrected chi connectivity index (χ0v) is 17.6. The van der Waals surface area contributed by atoms with E-state index in [0.717, 1.165) is 5.56 Å². The fraction of sp³-hybridized carbons (Fsp3) is 0.208. The third-order valence-electron chi connectivity index (χ3n) is 3.94. The standard InChI is InChI=1S/C24H23NO6/c1-4-29-22-15-17(14-19(16-25)24(27)30-5-2)10-12-21(22)31-23(26)13-11-18-8-6-7-9-20(18)28-3/h6-15H,4-5H2,1-3H3. The molecule has 31 heavy (non-hydrogen) atoms. The summed E-state index contributed by atoms with van der Waals surface area (Å²) in [6, 6.07) is 13.8. The molecule has 0 atom stereocenters. The van der Waals surface area contributed by atoms with E-state index in [4.69, 9.17) is 18.9 Å². The van der Waals surface area contributed by atoms with E-state index in [9.17, 15) is 14.9 Å². The third kappa shape index (κ3) is 6.75. The molecule has 0 N–H and O–H groups in total. The van der Waals surface area contributed by atoms with Gasteiger partial charge in [0.15, 0.2) is 11.5 Å². The number of hydrogen-bond acceptors (Lipinski definition) is 7. The highest BCUT2D eigenvalue weighted by atomic mass is 16.6. The van der Waals surface area contributed by atoms with E-state index in [0.29, 0.717) is 23.7 Å². The summed E-state index contributed by atoms with van der Waals surface area (Å²) in [6.07, 6.45) is 4.26. The van der Waals surface area contributed by atoms with Crippen LogP contribution in [-0.2, 0) is 14.3 Å². The molecule has 0 unspecified atom stereocenters. The van der Waals surface area contributed by atoms with E-state index >= 15 is 0 Å². The highest BCUT2D eigenvalue weighted by Gasteiger charge is 2.13. The molecule has 0 fully saturated rings. The van der Waals surface area contributed by atoms with Gasteiger partial charge in [0.2, 0.25) is 0 Å². The van der Waals surface area contributed by atoms with Crippen LogP contribution in [0.1, 0.15) is 25.0 Å². The molecule has 0 heterocycles. The minimum absolute atomic E-state index is 0.145. The topological polar surface area (TPSA) is 94.9 Å². The van der Waals surface area contributed by atoms with Gasteiger partial charge in [-0.3, -0.25) is 0 Å². The van der Waals surface area contributed by atoms with Gasteiger partial charge in [-0.05, 0) is 49.8 Å². The first kappa shape index (κ1) is 23.2. The second-order valence-corrected chi connectivity index (χ2v) is 6.03. The summed E-state index contributed by atoms with van der Waals surface area (Å²) in [5.41, 5.74) is 1.11. The molecule has 0 bridgehead atoms. The highest BCUT2D eigenvalue weighted by molar-refractivity contribution is 5.98. The number of nitriles is 1. The first-order chi connectivity index (χ1) is 15.0. The lowest BCUT2D eigenvalue weighted by Crippen LogP contribution is -2.07. The third-order valence-corrected chi connectivity index (χ3v) is 3.94. The van der Waals surface area contributed by atoms with Crippen LogP contribution in [0.2, 0.25) is 0 Å². The van der Waals surface area contributed by atoms with Gasteiger partial charge in [0.05, 0.1) is 20.3 Å². The smallest absolute Gasteiger partial charge is 0.348 e. The van der Waals surface area contributed by atoms with E-state index in [-0.39, 0.29) is 17.9 Å². The average Bonchev–Trinajstić information content (AvgIpc) is 2.78. The lowest BCUT2D eigenvalue weighted by molar-refractivity contribution is -0.138. The van der Waals surface area contributed by atoms with Crippen molar-refractivity contribution in [2.45, 2.75) is 13.8 Å². The number of carbonyl (C=O) groups excluding carboxylic acids is 2. The minimum Gasteiger partial charge on any atom is -0.496 e. The predicted molar refractivity (Wildman–Crippen MR) is 115 cm³/mol. The van der Waals surface area contributed by atoms with E-state index in [1.54, 1.807) is 45.2 Å². The van der Waals surface area contributed by atoms with Gasteiger partial charge in [0.25, 0.3) is 0 Å². The maximum Gasteiger partial charge on any atom is 0.348 e.